The van der Waals surface area contributed by atoms with Gasteiger partial charge in [0.05, 0.1) is 22.9 Å². The zero-order valence-corrected chi connectivity index (χ0v) is 17.8. The monoisotopic (exact) mass is 429 g/mol. The number of ether oxygens (including phenoxy) is 1. The summed E-state index contributed by atoms with van der Waals surface area (Å²) in [6.07, 6.45) is 0. The quantitative estimate of drug-likeness (QED) is 0.384. The minimum atomic E-state index is -4.13. The summed E-state index contributed by atoms with van der Waals surface area (Å²) >= 11 is 0. The summed E-state index contributed by atoms with van der Waals surface area (Å²) in [6.45, 7) is 1.88. The molecule has 0 radical (unpaired) electrons. The second-order valence-corrected chi connectivity index (χ2v) is 9.24. The van der Waals surface area contributed by atoms with Crippen molar-refractivity contribution < 1.29 is 13.2 Å². The van der Waals surface area contributed by atoms with Crippen molar-refractivity contribution in [3.05, 3.63) is 94.8 Å². The SMILES string of the molecule is COc1cccc2c(=O)n(S(=O)(=O)c3ccc(C)cc3)c3ccc4ccccc4c3c12. The molecule has 0 aliphatic carbocycles. The van der Waals surface area contributed by atoms with E-state index in [1.807, 2.05) is 37.3 Å². The maximum absolute atomic E-state index is 13.6. The lowest BCUT2D eigenvalue weighted by atomic mass is 9.99. The summed E-state index contributed by atoms with van der Waals surface area (Å²) in [6, 6.07) is 22.8. The first-order chi connectivity index (χ1) is 14.9. The van der Waals surface area contributed by atoms with Gasteiger partial charge in [0, 0.05) is 10.8 Å². The zero-order valence-electron chi connectivity index (χ0n) is 17.0. The van der Waals surface area contributed by atoms with Crippen LogP contribution in [0.2, 0.25) is 0 Å². The van der Waals surface area contributed by atoms with Crippen LogP contribution in [0.5, 0.6) is 5.75 Å². The highest BCUT2D eigenvalue weighted by atomic mass is 32.2. The number of methoxy groups -OCH3 is 1. The molecule has 5 nitrogen and oxygen atoms in total. The Morgan fingerprint density at radius 1 is 0.774 bits per heavy atom. The smallest absolute Gasteiger partial charge is 0.273 e. The second kappa shape index (κ2) is 6.96. The van der Waals surface area contributed by atoms with E-state index in [0.29, 0.717) is 27.4 Å². The summed E-state index contributed by atoms with van der Waals surface area (Å²) in [7, 11) is -2.59. The van der Waals surface area contributed by atoms with Gasteiger partial charge in [0.1, 0.15) is 5.75 Å². The van der Waals surface area contributed by atoms with Gasteiger partial charge in [-0.1, -0.05) is 54.1 Å². The van der Waals surface area contributed by atoms with Gasteiger partial charge in [-0.25, -0.2) is 8.42 Å². The van der Waals surface area contributed by atoms with Crippen molar-refractivity contribution in [2.45, 2.75) is 11.8 Å². The van der Waals surface area contributed by atoms with Gasteiger partial charge in [-0.2, -0.15) is 3.97 Å². The van der Waals surface area contributed by atoms with E-state index in [4.69, 9.17) is 4.74 Å². The Labute approximate surface area is 179 Å². The molecule has 5 aromatic rings. The normalized spacial score (nSPS) is 11.9. The van der Waals surface area contributed by atoms with Crippen LogP contribution in [-0.4, -0.2) is 19.5 Å². The van der Waals surface area contributed by atoms with Crippen LogP contribution in [0.15, 0.2) is 88.6 Å². The molecule has 0 N–H and O–H groups in total. The number of aromatic nitrogens is 1. The molecule has 1 heterocycles. The molecule has 0 unspecified atom stereocenters. The van der Waals surface area contributed by atoms with Crippen molar-refractivity contribution in [1.29, 1.82) is 0 Å². The van der Waals surface area contributed by atoms with E-state index in [0.717, 1.165) is 20.3 Å². The lowest BCUT2D eigenvalue weighted by Gasteiger charge is -2.17. The lowest BCUT2D eigenvalue weighted by Crippen LogP contribution is -2.28. The van der Waals surface area contributed by atoms with Crippen LogP contribution >= 0.6 is 0 Å². The summed E-state index contributed by atoms with van der Waals surface area (Å²) in [5.41, 5.74) is 0.656. The van der Waals surface area contributed by atoms with Gasteiger partial charge in [-0.05, 0) is 48.0 Å². The van der Waals surface area contributed by atoms with E-state index in [-0.39, 0.29) is 4.90 Å². The molecule has 0 saturated carbocycles. The van der Waals surface area contributed by atoms with Crippen molar-refractivity contribution >= 4 is 42.5 Å². The summed E-state index contributed by atoms with van der Waals surface area (Å²) in [5, 5.41) is 3.36. The second-order valence-electron chi connectivity index (χ2n) is 7.45. The van der Waals surface area contributed by atoms with E-state index >= 15 is 0 Å². The van der Waals surface area contributed by atoms with E-state index in [2.05, 4.69) is 0 Å². The number of benzene rings is 4. The summed E-state index contributed by atoms with van der Waals surface area (Å²) in [5.74, 6) is 0.524. The van der Waals surface area contributed by atoms with Crippen molar-refractivity contribution in [3.8, 4) is 5.75 Å². The number of pyridine rings is 1. The van der Waals surface area contributed by atoms with E-state index in [9.17, 15) is 13.2 Å². The molecule has 5 rings (SSSR count). The highest BCUT2D eigenvalue weighted by Crippen LogP contribution is 2.36. The molecule has 0 atom stereocenters. The van der Waals surface area contributed by atoms with Crippen LogP contribution in [-0.2, 0) is 10.0 Å². The first kappa shape index (κ1) is 19.3. The van der Waals surface area contributed by atoms with Crippen LogP contribution < -0.4 is 10.3 Å². The third-order valence-corrected chi connectivity index (χ3v) is 7.31. The van der Waals surface area contributed by atoms with E-state index in [1.54, 1.807) is 43.5 Å². The molecule has 6 heteroatoms. The van der Waals surface area contributed by atoms with Crippen LogP contribution in [0.1, 0.15) is 5.56 Å². The standard InChI is InChI=1S/C25H19NO4S/c1-16-10-13-18(14-11-16)31(28,29)26-21-15-12-17-6-3-4-7-19(17)23(21)24-20(25(26)27)8-5-9-22(24)30-2/h3-15H,1-2H3. The van der Waals surface area contributed by atoms with Crippen LogP contribution in [0.3, 0.4) is 0 Å². The topological polar surface area (TPSA) is 65.4 Å². The fourth-order valence-electron chi connectivity index (χ4n) is 4.10. The Morgan fingerprint density at radius 2 is 1.48 bits per heavy atom. The van der Waals surface area contributed by atoms with E-state index in [1.165, 1.54) is 12.1 Å². The third kappa shape index (κ3) is 2.83. The molecule has 0 aliphatic heterocycles. The first-order valence-corrected chi connectivity index (χ1v) is 11.2. The molecular formula is C25H19NO4S. The number of hydrogen-bond donors (Lipinski definition) is 0. The molecule has 0 aliphatic rings. The van der Waals surface area contributed by atoms with Crippen molar-refractivity contribution in [2.24, 2.45) is 0 Å². The van der Waals surface area contributed by atoms with Crippen LogP contribution in [0.4, 0.5) is 0 Å². The predicted molar refractivity (Wildman–Crippen MR) is 124 cm³/mol. The van der Waals surface area contributed by atoms with Gasteiger partial charge in [0.15, 0.2) is 0 Å². The molecule has 0 amide bonds. The van der Waals surface area contributed by atoms with Gasteiger partial charge in [-0.15, -0.1) is 0 Å². The number of fused-ring (bicyclic) bond motifs is 5. The molecule has 1 aromatic heterocycles. The predicted octanol–water partition coefficient (Wildman–Crippen LogP) is 4.86. The number of aryl methyl sites for hydroxylation is 1. The molecule has 0 bridgehead atoms. The first-order valence-electron chi connectivity index (χ1n) is 9.79. The molecule has 0 spiro atoms. The fraction of sp³-hybridized carbons (Fsp3) is 0.0800. The third-order valence-electron chi connectivity index (χ3n) is 5.60. The Bertz CT molecular complexity index is 1650. The molecule has 0 saturated heterocycles. The highest BCUT2D eigenvalue weighted by Gasteiger charge is 2.25. The lowest BCUT2D eigenvalue weighted by molar-refractivity contribution is 0.420. The molecule has 154 valence electrons. The number of hydrogen-bond acceptors (Lipinski definition) is 4. The van der Waals surface area contributed by atoms with Gasteiger partial charge in [0.25, 0.3) is 15.6 Å². The Balaban J connectivity index is 2.06. The summed E-state index contributed by atoms with van der Waals surface area (Å²) < 4.78 is 33.8. The maximum atomic E-state index is 13.6. The minimum Gasteiger partial charge on any atom is -0.496 e. The minimum absolute atomic E-state index is 0.0666. The van der Waals surface area contributed by atoms with Gasteiger partial charge in [-0.3, -0.25) is 4.79 Å². The zero-order chi connectivity index (χ0) is 21.8. The number of nitrogens with zero attached hydrogens (tertiary/aromatic N) is 1. The van der Waals surface area contributed by atoms with Crippen molar-refractivity contribution in [2.75, 3.05) is 7.11 Å². The molecule has 31 heavy (non-hydrogen) atoms. The average molecular weight is 429 g/mol. The Kier molecular flexibility index (Phi) is 4.34. The van der Waals surface area contributed by atoms with Gasteiger partial charge in [0.2, 0.25) is 0 Å². The van der Waals surface area contributed by atoms with E-state index < -0.39 is 15.6 Å². The molecular weight excluding hydrogens is 410 g/mol. The van der Waals surface area contributed by atoms with Crippen molar-refractivity contribution in [3.63, 3.8) is 0 Å². The molecule has 0 fully saturated rings. The van der Waals surface area contributed by atoms with Gasteiger partial charge >= 0.3 is 0 Å². The Morgan fingerprint density at radius 3 is 2.23 bits per heavy atom. The Hall–Kier alpha value is -3.64. The average Bonchev–Trinajstić information content (AvgIpc) is 2.78. The van der Waals surface area contributed by atoms with Crippen LogP contribution in [0.25, 0.3) is 32.4 Å². The largest absolute Gasteiger partial charge is 0.496 e. The number of rotatable bonds is 3. The van der Waals surface area contributed by atoms with Gasteiger partial charge < -0.3 is 4.74 Å². The maximum Gasteiger partial charge on any atom is 0.273 e. The van der Waals surface area contributed by atoms with Crippen molar-refractivity contribution in [1.82, 2.24) is 3.97 Å². The highest BCUT2D eigenvalue weighted by molar-refractivity contribution is 7.90. The van der Waals surface area contributed by atoms with Crippen LogP contribution in [0, 0.1) is 6.92 Å². The fourth-order valence-corrected chi connectivity index (χ4v) is 5.52. The summed E-state index contributed by atoms with van der Waals surface area (Å²) in [4.78, 5) is 13.6. The molecule has 4 aromatic carbocycles.